The van der Waals surface area contributed by atoms with E-state index >= 15 is 0 Å². The number of hydrogen-bond donors (Lipinski definition) is 1. The number of aromatic nitrogens is 2. The van der Waals surface area contributed by atoms with Crippen molar-refractivity contribution < 1.29 is 9.13 Å². The fourth-order valence-electron chi connectivity index (χ4n) is 1.76. The summed E-state index contributed by atoms with van der Waals surface area (Å²) in [4.78, 5) is 0. The van der Waals surface area contributed by atoms with Gasteiger partial charge in [-0.1, -0.05) is 6.07 Å². The average Bonchev–Trinajstić information content (AvgIpc) is 2.77. The van der Waals surface area contributed by atoms with Crippen LogP contribution in [0.3, 0.4) is 0 Å². The van der Waals surface area contributed by atoms with Crippen LogP contribution in [0.2, 0.25) is 0 Å². The molecule has 2 rings (SSSR count). The van der Waals surface area contributed by atoms with Gasteiger partial charge in [0.1, 0.15) is 0 Å². The van der Waals surface area contributed by atoms with E-state index in [1.807, 2.05) is 25.4 Å². The average molecular weight is 249 g/mol. The van der Waals surface area contributed by atoms with E-state index < -0.39 is 0 Å². The molecule has 1 N–H and O–H groups in total. The van der Waals surface area contributed by atoms with Crippen LogP contribution in [-0.4, -0.2) is 23.9 Å². The molecule has 0 amide bonds. The fraction of sp³-hybridized carbons (Fsp3) is 0.308. The van der Waals surface area contributed by atoms with Gasteiger partial charge >= 0.3 is 0 Å². The summed E-state index contributed by atoms with van der Waals surface area (Å²) in [5.74, 6) is -0.0901. The minimum absolute atomic E-state index is 0.259. The van der Waals surface area contributed by atoms with Gasteiger partial charge in [0.2, 0.25) is 0 Å². The van der Waals surface area contributed by atoms with E-state index in [9.17, 15) is 4.39 Å². The second kappa shape index (κ2) is 5.64. The Kier molecular flexibility index (Phi) is 3.94. The monoisotopic (exact) mass is 249 g/mol. The molecule has 0 radical (unpaired) electrons. The van der Waals surface area contributed by atoms with Crippen LogP contribution in [0.5, 0.6) is 5.75 Å². The maximum absolute atomic E-state index is 13.5. The number of benzene rings is 1. The molecule has 0 fully saturated rings. The minimum Gasteiger partial charge on any atom is -0.494 e. The van der Waals surface area contributed by atoms with Gasteiger partial charge in [0.15, 0.2) is 11.6 Å². The Hall–Kier alpha value is -1.88. The number of nitrogens with zero attached hydrogens (tertiary/aromatic N) is 2. The highest BCUT2D eigenvalue weighted by atomic mass is 19.1. The van der Waals surface area contributed by atoms with E-state index in [4.69, 9.17) is 4.74 Å². The summed E-state index contributed by atoms with van der Waals surface area (Å²) >= 11 is 0. The predicted octanol–water partition coefficient (Wildman–Crippen LogP) is 1.80. The molecule has 0 saturated carbocycles. The predicted molar refractivity (Wildman–Crippen MR) is 67.0 cm³/mol. The molecule has 18 heavy (non-hydrogen) atoms. The summed E-state index contributed by atoms with van der Waals surface area (Å²) in [6.07, 6.45) is 1.88. The molecule has 96 valence electrons. The fourth-order valence-corrected chi connectivity index (χ4v) is 1.76. The summed E-state index contributed by atoms with van der Waals surface area (Å²) in [5.41, 5.74) is 1.82. The number of halogens is 1. The molecule has 4 nitrogen and oxygen atoms in total. The third-order valence-corrected chi connectivity index (χ3v) is 2.61. The first kappa shape index (κ1) is 12.6. The lowest BCUT2D eigenvalue weighted by molar-refractivity contribution is 0.386. The van der Waals surface area contributed by atoms with Gasteiger partial charge < -0.3 is 10.1 Å². The van der Waals surface area contributed by atoms with Gasteiger partial charge in [0.05, 0.1) is 19.3 Å². The molecule has 1 aromatic carbocycles. The van der Waals surface area contributed by atoms with Crippen molar-refractivity contribution in [2.24, 2.45) is 0 Å². The first-order chi connectivity index (χ1) is 8.72. The number of ether oxygens (including phenoxy) is 1. The van der Waals surface area contributed by atoms with Crippen LogP contribution in [0.1, 0.15) is 11.3 Å². The van der Waals surface area contributed by atoms with Gasteiger partial charge in [0, 0.05) is 12.7 Å². The van der Waals surface area contributed by atoms with Crippen molar-refractivity contribution >= 4 is 0 Å². The van der Waals surface area contributed by atoms with Gasteiger partial charge in [-0.3, -0.25) is 4.68 Å². The maximum Gasteiger partial charge on any atom is 0.165 e. The Bertz CT molecular complexity index is 525. The maximum atomic E-state index is 13.5. The number of hydrogen-bond acceptors (Lipinski definition) is 3. The highest BCUT2D eigenvalue weighted by Gasteiger charge is 2.04. The molecule has 0 aliphatic carbocycles. The van der Waals surface area contributed by atoms with Crippen LogP contribution in [0.15, 0.2) is 30.5 Å². The Morgan fingerprint density at radius 1 is 1.39 bits per heavy atom. The molecular formula is C13H16FN3O. The van der Waals surface area contributed by atoms with Crippen LogP contribution in [0, 0.1) is 5.82 Å². The number of rotatable bonds is 5. The van der Waals surface area contributed by atoms with Crippen molar-refractivity contribution in [3.05, 3.63) is 47.5 Å². The standard InChI is InChI=1S/C13H16FN3O/c1-15-8-11-5-6-17(16-11)9-10-3-4-13(18-2)12(14)7-10/h3-7,15H,8-9H2,1-2H3. The molecular weight excluding hydrogens is 233 g/mol. The second-order valence-electron chi connectivity index (χ2n) is 4.00. The van der Waals surface area contributed by atoms with Crippen molar-refractivity contribution in [2.75, 3.05) is 14.2 Å². The third kappa shape index (κ3) is 2.87. The van der Waals surface area contributed by atoms with E-state index in [-0.39, 0.29) is 11.6 Å². The highest BCUT2D eigenvalue weighted by Crippen LogP contribution is 2.18. The third-order valence-electron chi connectivity index (χ3n) is 2.61. The Morgan fingerprint density at radius 3 is 2.89 bits per heavy atom. The van der Waals surface area contributed by atoms with E-state index in [2.05, 4.69) is 10.4 Å². The first-order valence-corrected chi connectivity index (χ1v) is 5.72. The highest BCUT2D eigenvalue weighted by molar-refractivity contribution is 5.29. The van der Waals surface area contributed by atoms with Crippen LogP contribution >= 0.6 is 0 Å². The van der Waals surface area contributed by atoms with Crippen molar-refractivity contribution in [1.29, 1.82) is 0 Å². The molecule has 1 aromatic heterocycles. The van der Waals surface area contributed by atoms with E-state index in [0.717, 1.165) is 17.8 Å². The molecule has 5 heteroatoms. The molecule has 0 unspecified atom stereocenters. The zero-order valence-corrected chi connectivity index (χ0v) is 10.5. The molecule has 0 aliphatic heterocycles. The smallest absolute Gasteiger partial charge is 0.165 e. The van der Waals surface area contributed by atoms with Gasteiger partial charge in [-0.05, 0) is 30.8 Å². The quantitative estimate of drug-likeness (QED) is 0.878. The van der Waals surface area contributed by atoms with Crippen molar-refractivity contribution in [3.8, 4) is 5.75 Å². The summed E-state index contributed by atoms with van der Waals surface area (Å²) in [7, 11) is 3.33. The molecule has 2 aromatic rings. The number of methoxy groups -OCH3 is 1. The molecule has 0 atom stereocenters. The number of nitrogens with one attached hydrogen (secondary N) is 1. The van der Waals surface area contributed by atoms with Gasteiger partial charge in [-0.15, -0.1) is 0 Å². The van der Waals surface area contributed by atoms with Crippen molar-refractivity contribution in [3.63, 3.8) is 0 Å². The lowest BCUT2D eigenvalue weighted by Crippen LogP contribution is -2.07. The van der Waals surface area contributed by atoms with Crippen LogP contribution in [0.25, 0.3) is 0 Å². The zero-order chi connectivity index (χ0) is 13.0. The lowest BCUT2D eigenvalue weighted by Gasteiger charge is -2.05. The molecule has 0 saturated heterocycles. The van der Waals surface area contributed by atoms with Gasteiger partial charge in [0.25, 0.3) is 0 Å². The van der Waals surface area contributed by atoms with Crippen LogP contribution in [-0.2, 0) is 13.1 Å². The zero-order valence-electron chi connectivity index (χ0n) is 10.5. The van der Waals surface area contributed by atoms with Crippen LogP contribution < -0.4 is 10.1 Å². The normalized spacial score (nSPS) is 10.6. The topological polar surface area (TPSA) is 39.1 Å². The first-order valence-electron chi connectivity index (χ1n) is 5.72. The Balaban J connectivity index is 2.10. The molecule has 0 aliphatic rings. The van der Waals surface area contributed by atoms with Crippen molar-refractivity contribution in [2.45, 2.75) is 13.1 Å². The van der Waals surface area contributed by atoms with E-state index in [1.165, 1.54) is 13.2 Å². The molecule has 0 bridgehead atoms. The second-order valence-corrected chi connectivity index (χ2v) is 4.00. The van der Waals surface area contributed by atoms with Gasteiger partial charge in [-0.2, -0.15) is 5.10 Å². The largest absolute Gasteiger partial charge is 0.494 e. The summed E-state index contributed by atoms with van der Waals surface area (Å²) in [5, 5.41) is 7.40. The molecule has 0 spiro atoms. The Morgan fingerprint density at radius 2 is 2.22 bits per heavy atom. The molecule has 1 heterocycles. The SMILES string of the molecule is CNCc1ccn(Cc2ccc(OC)c(F)c2)n1. The summed E-state index contributed by atoms with van der Waals surface area (Å²) in [6.45, 7) is 1.27. The Labute approximate surface area is 105 Å². The van der Waals surface area contributed by atoms with E-state index in [0.29, 0.717) is 6.54 Å². The minimum atomic E-state index is -0.349. The van der Waals surface area contributed by atoms with Gasteiger partial charge in [-0.25, -0.2) is 4.39 Å². The summed E-state index contributed by atoms with van der Waals surface area (Å²) in [6, 6.07) is 6.87. The summed E-state index contributed by atoms with van der Waals surface area (Å²) < 4.78 is 20.2. The van der Waals surface area contributed by atoms with Crippen molar-refractivity contribution in [1.82, 2.24) is 15.1 Å². The van der Waals surface area contributed by atoms with E-state index in [1.54, 1.807) is 10.7 Å². The lowest BCUT2D eigenvalue weighted by atomic mass is 10.2. The van der Waals surface area contributed by atoms with Crippen LogP contribution in [0.4, 0.5) is 4.39 Å².